The average Bonchev–Trinajstić information content (AvgIpc) is 3.18. The van der Waals surface area contributed by atoms with Crippen molar-refractivity contribution in [3.8, 4) is 5.75 Å². The van der Waals surface area contributed by atoms with Crippen molar-refractivity contribution in [2.45, 2.75) is 55.7 Å². The van der Waals surface area contributed by atoms with Crippen molar-refractivity contribution in [3.63, 3.8) is 0 Å². The fourth-order valence-electron chi connectivity index (χ4n) is 5.43. The third-order valence-electron chi connectivity index (χ3n) is 7.66. The van der Waals surface area contributed by atoms with Gasteiger partial charge in [0.25, 0.3) is 0 Å². The van der Waals surface area contributed by atoms with E-state index in [0.29, 0.717) is 23.5 Å². The maximum absolute atomic E-state index is 12.9. The molecule has 9 nitrogen and oxygen atoms in total. The number of ether oxygens (including phenoxy) is 2. The third-order valence-corrected chi connectivity index (χ3v) is 10.1. The lowest BCUT2D eigenvalue weighted by atomic mass is 10.0. The number of aryl methyl sites for hydroxylation is 1. The molecule has 214 valence electrons. The molecule has 2 aliphatic rings. The minimum Gasteiger partial charge on any atom is -0.494 e. The maximum Gasteiger partial charge on any atom is 0.229 e. The molecule has 3 aromatic rings. The van der Waals surface area contributed by atoms with Crippen molar-refractivity contribution < 1.29 is 17.9 Å². The fourth-order valence-corrected chi connectivity index (χ4v) is 6.77. The van der Waals surface area contributed by atoms with E-state index in [2.05, 4.69) is 31.6 Å². The first kappa shape index (κ1) is 28.6. The third kappa shape index (κ3) is 6.05. The Bertz CT molecular complexity index is 1460. The molecule has 2 N–H and O–H groups in total. The summed E-state index contributed by atoms with van der Waals surface area (Å²) >= 11 is 6.43. The van der Waals surface area contributed by atoms with Crippen LogP contribution in [0.5, 0.6) is 5.75 Å². The van der Waals surface area contributed by atoms with Crippen LogP contribution in [0.25, 0.3) is 0 Å². The molecule has 0 spiro atoms. The predicted octanol–water partition coefficient (Wildman–Crippen LogP) is 5.39. The first-order chi connectivity index (χ1) is 19.3. The van der Waals surface area contributed by atoms with Crippen LogP contribution in [0.2, 0.25) is 5.02 Å². The molecule has 1 fully saturated rings. The van der Waals surface area contributed by atoms with Gasteiger partial charge in [0.2, 0.25) is 5.95 Å². The van der Waals surface area contributed by atoms with Crippen molar-refractivity contribution in [1.82, 2.24) is 14.9 Å². The number of methoxy groups -OCH3 is 1. The molecule has 0 bridgehead atoms. The molecule has 5 rings (SSSR count). The van der Waals surface area contributed by atoms with Gasteiger partial charge in [-0.2, -0.15) is 4.98 Å². The van der Waals surface area contributed by atoms with Gasteiger partial charge in [0.15, 0.2) is 15.7 Å². The highest BCUT2D eigenvalue weighted by atomic mass is 35.5. The molecular weight excluding hydrogens is 550 g/mol. The summed E-state index contributed by atoms with van der Waals surface area (Å²) < 4.78 is 37.3. The van der Waals surface area contributed by atoms with Crippen molar-refractivity contribution in [3.05, 3.63) is 58.7 Å². The van der Waals surface area contributed by atoms with Crippen LogP contribution in [0.3, 0.4) is 0 Å². The standard InChI is InChI=1S/C29H36ClN5O4S/c1-19(2)40(36,37)26-7-5-4-6-24(26)32-28-23(30)18-31-29(34-28)33-25-13-9-20-8-10-21(35-14-16-39-17-15-35)11-12-22(20)27(25)38-3/h4-7,9,13,18-19,21H,8,10-12,14-17H2,1-3H3,(H2,31,32,33,34). The topological polar surface area (TPSA) is 106 Å². The Balaban J connectivity index is 1.38. The second kappa shape index (κ2) is 12.3. The number of para-hydroxylation sites is 1. The number of rotatable bonds is 8. The predicted molar refractivity (Wildman–Crippen MR) is 158 cm³/mol. The molecule has 11 heteroatoms. The number of hydrogen-bond acceptors (Lipinski definition) is 9. The molecule has 2 heterocycles. The lowest BCUT2D eigenvalue weighted by Crippen LogP contribution is -2.43. The van der Waals surface area contributed by atoms with E-state index in [9.17, 15) is 8.42 Å². The highest BCUT2D eigenvalue weighted by molar-refractivity contribution is 7.92. The monoisotopic (exact) mass is 585 g/mol. The molecule has 1 aliphatic heterocycles. The summed E-state index contributed by atoms with van der Waals surface area (Å²) in [6.07, 6.45) is 5.59. The van der Waals surface area contributed by atoms with Gasteiger partial charge in [-0.25, -0.2) is 13.4 Å². The highest BCUT2D eigenvalue weighted by Crippen LogP contribution is 2.38. The summed E-state index contributed by atoms with van der Waals surface area (Å²) in [6.45, 7) is 6.90. The Morgan fingerprint density at radius 3 is 2.55 bits per heavy atom. The van der Waals surface area contributed by atoms with Crippen LogP contribution < -0.4 is 15.4 Å². The fraction of sp³-hybridized carbons (Fsp3) is 0.448. The maximum atomic E-state index is 12.9. The number of nitrogens with one attached hydrogen (secondary N) is 2. The zero-order valence-electron chi connectivity index (χ0n) is 23.1. The van der Waals surface area contributed by atoms with E-state index >= 15 is 0 Å². The van der Waals surface area contributed by atoms with Crippen molar-refractivity contribution in [2.24, 2.45) is 0 Å². The highest BCUT2D eigenvalue weighted by Gasteiger charge is 2.27. The second-order valence-electron chi connectivity index (χ2n) is 10.4. The molecule has 40 heavy (non-hydrogen) atoms. The summed E-state index contributed by atoms with van der Waals surface area (Å²) in [7, 11) is -1.83. The average molecular weight is 586 g/mol. The van der Waals surface area contributed by atoms with Gasteiger partial charge in [-0.3, -0.25) is 4.90 Å². The van der Waals surface area contributed by atoms with Crippen molar-refractivity contribution >= 4 is 44.6 Å². The molecule has 1 saturated heterocycles. The lowest BCUT2D eigenvalue weighted by Gasteiger charge is -2.34. The number of fused-ring (bicyclic) bond motifs is 1. The first-order valence-corrected chi connectivity index (χ1v) is 15.6. The molecule has 1 unspecified atom stereocenters. The second-order valence-corrected chi connectivity index (χ2v) is 13.3. The number of benzene rings is 2. The summed E-state index contributed by atoms with van der Waals surface area (Å²) in [4.78, 5) is 11.7. The van der Waals surface area contributed by atoms with Gasteiger partial charge in [-0.15, -0.1) is 0 Å². The van der Waals surface area contributed by atoms with Crippen LogP contribution in [0, 0.1) is 0 Å². The van der Waals surface area contributed by atoms with Crippen LogP contribution in [0.1, 0.15) is 37.8 Å². The lowest BCUT2D eigenvalue weighted by molar-refractivity contribution is 0.0136. The van der Waals surface area contributed by atoms with Gasteiger partial charge in [0.05, 0.1) is 48.0 Å². The van der Waals surface area contributed by atoms with Crippen LogP contribution in [-0.2, 0) is 27.4 Å². The first-order valence-electron chi connectivity index (χ1n) is 13.7. The summed E-state index contributed by atoms with van der Waals surface area (Å²) in [5, 5.41) is 6.10. The van der Waals surface area contributed by atoms with Crippen LogP contribution in [0.4, 0.5) is 23.1 Å². The van der Waals surface area contributed by atoms with E-state index in [0.717, 1.165) is 63.4 Å². The number of morpholine rings is 1. The Kier molecular flexibility index (Phi) is 8.80. The quantitative estimate of drug-likeness (QED) is 0.337. The van der Waals surface area contributed by atoms with E-state index in [1.165, 1.54) is 17.3 Å². The summed E-state index contributed by atoms with van der Waals surface area (Å²) in [6, 6.07) is 11.4. The number of halogens is 1. The van der Waals surface area contributed by atoms with Gasteiger partial charge in [-0.1, -0.05) is 29.8 Å². The van der Waals surface area contributed by atoms with Crippen LogP contribution >= 0.6 is 11.6 Å². The van der Waals surface area contributed by atoms with Gasteiger partial charge in [0, 0.05) is 19.1 Å². The summed E-state index contributed by atoms with van der Waals surface area (Å²) in [5.74, 6) is 1.41. The SMILES string of the molecule is COc1c(Nc2ncc(Cl)c(Nc3ccccc3S(=O)(=O)C(C)C)n2)ccc2c1CCC(N1CCOCC1)CC2. The molecular formula is C29H36ClN5O4S. The Labute approximate surface area is 241 Å². The zero-order valence-corrected chi connectivity index (χ0v) is 24.7. The van der Waals surface area contributed by atoms with E-state index in [-0.39, 0.29) is 9.92 Å². The van der Waals surface area contributed by atoms with Gasteiger partial charge < -0.3 is 20.1 Å². The Hall–Kier alpha value is -2.92. The van der Waals surface area contributed by atoms with Crippen LogP contribution in [-0.4, -0.2) is 68.0 Å². The molecule has 1 aromatic heterocycles. The summed E-state index contributed by atoms with van der Waals surface area (Å²) in [5.41, 5.74) is 3.69. The van der Waals surface area contributed by atoms with Crippen molar-refractivity contribution in [2.75, 3.05) is 44.0 Å². The molecule has 0 saturated carbocycles. The van der Waals surface area contributed by atoms with Gasteiger partial charge >= 0.3 is 0 Å². The van der Waals surface area contributed by atoms with Gasteiger partial charge in [0.1, 0.15) is 10.8 Å². The van der Waals surface area contributed by atoms with Gasteiger partial charge in [-0.05, 0) is 68.9 Å². The minimum absolute atomic E-state index is 0.192. The molecule has 1 atom stereocenters. The van der Waals surface area contributed by atoms with E-state index in [1.54, 1.807) is 45.2 Å². The number of aromatic nitrogens is 2. The molecule has 0 amide bonds. The number of anilines is 4. The van der Waals surface area contributed by atoms with Crippen molar-refractivity contribution in [1.29, 1.82) is 0 Å². The Morgan fingerprint density at radius 1 is 1.05 bits per heavy atom. The smallest absolute Gasteiger partial charge is 0.229 e. The molecule has 2 aromatic carbocycles. The van der Waals surface area contributed by atoms with E-state index in [1.807, 2.05) is 6.07 Å². The normalized spacial score (nSPS) is 18.2. The van der Waals surface area contributed by atoms with Crippen LogP contribution in [0.15, 0.2) is 47.5 Å². The van der Waals surface area contributed by atoms with E-state index in [4.69, 9.17) is 21.1 Å². The molecule has 0 radical (unpaired) electrons. The minimum atomic E-state index is -3.52. The largest absolute Gasteiger partial charge is 0.494 e. The van der Waals surface area contributed by atoms with E-state index < -0.39 is 15.1 Å². The molecule has 1 aliphatic carbocycles. The number of hydrogen-bond donors (Lipinski definition) is 2. The Morgan fingerprint density at radius 2 is 1.80 bits per heavy atom. The number of sulfone groups is 1. The zero-order chi connectivity index (χ0) is 28.3. The number of nitrogens with zero attached hydrogens (tertiary/aromatic N) is 3.